The maximum atomic E-state index is 10.4. The Hall–Kier alpha value is -2.44. The van der Waals surface area contributed by atoms with E-state index in [1.165, 1.54) is 0 Å². The van der Waals surface area contributed by atoms with Gasteiger partial charge in [-0.05, 0) is 34.5 Å². The number of fused-ring (bicyclic) bond motifs is 1. The third-order valence-electron chi connectivity index (χ3n) is 4.27. The van der Waals surface area contributed by atoms with E-state index < -0.39 is 6.10 Å². The van der Waals surface area contributed by atoms with Crippen LogP contribution >= 0.6 is 15.9 Å². The third-order valence-corrected chi connectivity index (χ3v) is 5.24. The Morgan fingerprint density at radius 1 is 1.16 bits per heavy atom. The zero-order chi connectivity index (χ0) is 17.4. The first-order valence-electron chi connectivity index (χ1n) is 8.03. The van der Waals surface area contributed by atoms with Crippen molar-refractivity contribution in [1.82, 2.24) is 20.0 Å². The van der Waals surface area contributed by atoms with Crippen molar-refractivity contribution in [1.29, 1.82) is 0 Å². The molecule has 6 heteroatoms. The third kappa shape index (κ3) is 2.99. The van der Waals surface area contributed by atoms with Gasteiger partial charge in [0.1, 0.15) is 5.69 Å². The van der Waals surface area contributed by atoms with Crippen molar-refractivity contribution in [3.05, 3.63) is 70.5 Å². The summed E-state index contributed by atoms with van der Waals surface area (Å²) in [6, 6.07) is 15.6. The minimum atomic E-state index is -0.599. The van der Waals surface area contributed by atoms with E-state index in [4.69, 9.17) is 0 Å². The summed E-state index contributed by atoms with van der Waals surface area (Å²) in [5.74, 6) is 0. The van der Waals surface area contributed by atoms with Gasteiger partial charge in [0.05, 0.1) is 22.6 Å². The second-order valence-corrected chi connectivity index (χ2v) is 6.82. The summed E-state index contributed by atoms with van der Waals surface area (Å²) in [6.07, 6.45) is 1.37. The number of H-pyrrole nitrogens is 1. The molecule has 2 N–H and O–H groups in total. The van der Waals surface area contributed by atoms with Gasteiger partial charge in [0, 0.05) is 22.8 Å². The van der Waals surface area contributed by atoms with Crippen LogP contribution in [-0.2, 0) is 6.54 Å². The molecule has 0 unspecified atom stereocenters. The summed E-state index contributed by atoms with van der Waals surface area (Å²) in [6.45, 7) is 2.37. The molecule has 2 heterocycles. The number of aliphatic hydroxyl groups excluding tert-OH is 1. The molecule has 4 aromatic rings. The van der Waals surface area contributed by atoms with E-state index in [0.717, 1.165) is 37.9 Å². The number of aromatic amines is 1. The van der Waals surface area contributed by atoms with Crippen LogP contribution in [0.4, 0.5) is 0 Å². The summed E-state index contributed by atoms with van der Waals surface area (Å²) >= 11 is 3.59. The van der Waals surface area contributed by atoms with E-state index in [9.17, 15) is 5.11 Å². The fourth-order valence-corrected chi connectivity index (χ4v) is 3.33. The summed E-state index contributed by atoms with van der Waals surface area (Å²) in [7, 11) is 0. The van der Waals surface area contributed by atoms with Gasteiger partial charge in [0.2, 0.25) is 0 Å². The molecular formula is C19H17BrN4O. The van der Waals surface area contributed by atoms with Crippen LogP contribution in [0.2, 0.25) is 0 Å². The number of aryl methyl sites for hydroxylation is 1. The average molecular weight is 397 g/mol. The van der Waals surface area contributed by atoms with Gasteiger partial charge in [-0.15, -0.1) is 0 Å². The summed E-state index contributed by atoms with van der Waals surface area (Å²) in [4.78, 5) is 0. The summed E-state index contributed by atoms with van der Waals surface area (Å²) in [5, 5.41) is 23.5. The van der Waals surface area contributed by atoms with Gasteiger partial charge in [-0.3, -0.25) is 9.78 Å². The molecule has 25 heavy (non-hydrogen) atoms. The Balaban J connectivity index is 1.71. The second-order valence-electron chi connectivity index (χ2n) is 6.03. The molecule has 2 aromatic carbocycles. The Morgan fingerprint density at radius 2 is 1.96 bits per heavy atom. The van der Waals surface area contributed by atoms with Gasteiger partial charge < -0.3 is 5.11 Å². The van der Waals surface area contributed by atoms with Gasteiger partial charge in [0.25, 0.3) is 0 Å². The van der Waals surface area contributed by atoms with Crippen LogP contribution in [0.3, 0.4) is 0 Å². The first kappa shape index (κ1) is 16.1. The molecule has 0 saturated carbocycles. The maximum absolute atomic E-state index is 10.4. The molecule has 4 rings (SSSR count). The van der Waals surface area contributed by atoms with Crippen LogP contribution in [0.15, 0.2) is 59.2 Å². The first-order valence-corrected chi connectivity index (χ1v) is 8.83. The van der Waals surface area contributed by atoms with Gasteiger partial charge in [-0.2, -0.15) is 10.2 Å². The van der Waals surface area contributed by atoms with Gasteiger partial charge in [-0.1, -0.05) is 42.5 Å². The van der Waals surface area contributed by atoms with Crippen molar-refractivity contribution in [2.24, 2.45) is 0 Å². The topological polar surface area (TPSA) is 66.7 Å². The van der Waals surface area contributed by atoms with Crippen LogP contribution in [0, 0.1) is 6.92 Å². The molecule has 0 fully saturated rings. The molecule has 0 spiro atoms. The lowest BCUT2D eigenvalue weighted by Crippen LogP contribution is -2.08. The van der Waals surface area contributed by atoms with Crippen molar-refractivity contribution in [3.8, 4) is 11.3 Å². The van der Waals surface area contributed by atoms with Crippen LogP contribution in [0.25, 0.3) is 22.2 Å². The predicted molar refractivity (Wildman–Crippen MR) is 101 cm³/mol. The maximum Gasteiger partial charge on any atom is 0.107 e. The number of rotatable bonds is 4. The highest BCUT2D eigenvalue weighted by atomic mass is 79.9. The Bertz CT molecular complexity index is 1020. The van der Waals surface area contributed by atoms with E-state index in [1.54, 1.807) is 4.68 Å². The zero-order valence-electron chi connectivity index (χ0n) is 13.6. The molecule has 0 bridgehead atoms. The molecular weight excluding hydrogens is 380 g/mol. The Kier molecular flexibility index (Phi) is 4.15. The largest absolute Gasteiger partial charge is 0.386 e. The normalized spacial score (nSPS) is 12.6. The average Bonchev–Trinajstić information content (AvgIpc) is 3.19. The quantitative estimate of drug-likeness (QED) is 0.542. The van der Waals surface area contributed by atoms with E-state index in [2.05, 4.69) is 31.2 Å². The summed E-state index contributed by atoms with van der Waals surface area (Å²) < 4.78 is 2.75. The molecule has 5 nitrogen and oxygen atoms in total. The SMILES string of the molecule is Cc1[nH]nc(-c2cccc3nn(C[C@H](O)c4ccccc4)cc23)c1Br. The number of halogens is 1. The van der Waals surface area contributed by atoms with E-state index in [1.807, 2.05) is 61.7 Å². The molecule has 0 amide bonds. The highest BCUT2D eigenvalue weighted by molar-refractivity contribution is 9.10. The lowest BCUT2D eigenvalue weighted by molar-refractivity contribution is 0.152. The standard InChI is InChI=1S/C19H17BrN4O/c1-12-18(20)19(22-21-12)14-8-5-9-16-15(14)10-24(23-16)11-17(25)13-6-3-2-4-7-13/h2-10,17,25H,11H2,1H3,(H,21,22)/t17-/m0/s1. The Morgan fingerprint density at radius 3 is 2.68 bits per heavy atom. The number of nitrogens with zero attached hydrogens (tertiary/aromatic N) is 3. The highest BCUT2D eigenvalue weighted by Crippen LogP contribution is 2.33. The fourth-order valence-electron chi connectivity index (χ4n) is 2.94. The van der Waals surface area contributed by atoms with Crippen molar-refractivity contribution in [2.75, 3.05) is 0 Å². The molecule has 1 atom stereocenters. The van der Waals surface area contributed by atoms with Crippen LogP contribution in [0.1, 0.15) is 17.4 Å². The van der Waals surface area contributed by atoms with Crippen molar-refractivity contribution < 1.29 is 5.11 Å². The van der Waals surface area contributed by atoms with Gasteiger partial charge in [0.15, 0.2) is 0 Å². The lowest BCUT2D eigenvalue weighted by Gasteiger charge is -2.10. The van der Waals surface area contributed by atoms with Crippen molar-refractivity contribution >= 4 is 26.8 Å². The number of nitrogens with one attached hydrogen (secondary N) is 1. The Labute approximate surface area is 153 Å². The van der Waals surface area contributed by atoms with Crippen LogP contribution in [-0.4, -0.2) is 25.1 Å². The highest BCUT2D eigenvalue weighted by Gasteiger charge is 2.15. The lowest BCUT2D eigenvalue weighted by atomic mass is 10.1. The minimum absolute atomic E-state index is 0.402. The van der Waals surface area contributed by atoms with Gasteiger partial charge in [-0.25, -0.2) is 0 Å². The molecule has 0 aliphatic rings. The van der Waals surface area contributed by atoms with E-state index >= 15 is 0 Å². The first-order chi connectivity index (χ1) is 12.1. The number of hydrogen-bond acceptors (Lipinski definition) is 3. The molecule has 0 aliphatic heterocycles. The number of hydrogen-bond donors (Lipinski definition) is 2. The monoisotopic (exact) mass is 396 g/mol. The molecule has 0 saturated heterocycles. The minimum Gasteiger partial charge on any atom is -0.386 e. The molecule has 126 valence electrons. The summed E-state index contributed by atoms with van der Waals surface area (Å²) in [5.41, 5.74) is 4.62. The number of aliphatic hydroxyl groups is 1. The van der Waals surface area contributed by atoms with Gasteiger partial charge >= 0.3 is 0 Å². The van der Waals surface area contributed by atoms with Crippen LogP contribution < -0.4 is 0 Å². The van der Waals surface area contributed by atoms with E-state index in [-0.39, 0.29) is 0 Å². The molecule has 0 aliphatic carbocycles. The zero-order valence-corrected chi connectivity index (χ0v) is 15.2. The molecule has 0 radical (unpaired) electrons. The smallest absolute Gasteiger partial charge is 0.107 e. The second kappa shape index (κ2) is 6.46. The fraction of sp³-hybridized carbons (Fsp3) is 0.158. The predicted octanol–water partition coefficient (Wildman–Crippen LogP) is 4.23. The van der Waals surface area contributed by atoms with Crippen molar-refractivity contribution in [3.63, 3.8) is 0 Å². The van der Waals surface area contributed by atoms with Crippen LogP contribution in [0.5, 0.6) is 0 Å². The number of aromatic nitrogens is 4. The molecule has 2 aromatic heterocycles. The van der Waals surface area contributed by atoms with Crippen molar-refractivity contribution in [2.45, 2.75) is 19.6 Å². The number of benzene rings is 2. The van der Waals surface area contributed by atoms with E-state index in [0.29, 0.717) is 6.54 Å².